The molecule has 1 amide bonds. The molecule has 1 aliphatic rings. The predicted octanol–water partition coefficient (Wildman–Crippen LogP) is 6.30. The number of hydrogen-bond acceptors (Lipinski definition) is 3. The second-order valence-corrected chi connectivity index (χ2v) is 9.39. The van der Waals surface area contributed by atoms with Crippen molar-refractivity contribution in [3.63, 3.8) is 0 Å². The van der Waals surface area contributed by atoms with Crippen molar-refractivity contribution in [2.75, 3.05) is 0 Å². The van der Waals surface area contributed by atoms with Crippen LogP contribution < -0.4 is 10.1 Å². The van der Waals surface area contributed by atoms with E-state index in [2.05, 4.69) is 11.4 Å². The molecular weight excluding hydrogens is 458 g/mol. The van der Waals surface area contributed by atoms with Gasteiger partial charge in [-0.3, -0.25) is 4.79 Å². The first-order valence-electron chi connectivity index (χ1n) is 12.4. The first kappa shape index (κ1) is 22.7. The summed E-state index contributed by atoms with van der Waals surface area (Å²) in [4.78, 5) is 27.9. The SMILES string of the molecule is O=C(N[C@]1(Cc2ccccc2)C(=O)Oc2c(ccc3ccccc23)[C@@H]1c1ccccc1)c1ccccc1. The molecule has 0 radical (unpaired) electrons. The number of carbonyl (C=O) groups excluding carboxylic acids is 2. The first-order chi connectivity index (χ1) is 18.2. The molecule has 0 aromatic heterocycles. The van der Waals surface area contributed by atoms with E-state index >= 15 is 0 Å². The minimum atomic E-state index is -1.37. The zero-order chi connectivity index (χ0) is 25.2. The fraction of sp³-hybridized carbons (Fsp3) is 0.0909. The number of fused-ring (bicyclic) bond motifs is 3. The summed E-state index contributed by atoms with van der Waals surface area (Å²) in [5.41, 5.74) is 1.84. The van der Waals surface area contributed by atoms with Gasteiger partial charge in [0.1, 0.15) is 5.75 Å². The topological polar surface area (TPSA) is 55.4 Å². The van der Waals surface area contributed by atoms with Crippen molar-refractivity contribution in [2.24, 2.45) is 0 Å². The Balaban J connectivity index is 1.60. The molecular formula is C33H25NO3. The normalized spacial score (nSPS) is 18.6. The molecule has 1 N–H and O–H groups in total. The minimum Gasteiger partial charge on any atom is -0.424 e. The Morgan fingerprint density at radius 1 is 0.730 bits per heavy atom. The minimum absolute atomic E-state index is 0.275. The second kappa shape index (κ2) is 9.40. The highest BCUT2D eigenvalue weighted by molar-refractivity contribution is 6.02. The summed E-state index contributed by atoms with van der Waals surface area (Å²) in [5.74, 6) is -0.714. The molecule has 0 spiro atoms. The molecule has 180 valence electrons. The summed E-state index contributed by atoms with van der Waals surface area (Å²) in [6.45, 7) is 0. The predicted molar refractivity (Wildman–Crippen MR) is 145 cm³/mol. The molecule has 0 aliphatic carbocycles. The average Bonchev–Trinajstić information content (AvgIpc) is 2.95. The highest BCUT2D eigenvalue weighted by Crippen LogP contribution is 2.48. The average molecular weight is 484 g/mol. The Labute approximate surface area is 215 Å². The number of carbonyl (C=O) groups is 2. The monoisotopic (exact) mass is 483 g/mol. The molecule has 0 saturated heterocycles. The lowest BCUT2D eigenvalue weighted by Gasteiger charge is -2.44. The lowest BCUT2D eigenvalue weighted by atomic mass is 9.69. The quantitative estimate of drug-likeness (QED) is 0.236. The van der Waals surface area contributed by atoms with Gasteiger partial charge in [0, 0.05) is 28.9 Å². The largest absolute Gasteiger partial charge is 0.424 e. The van der Waals surface area contributed by atoms with Crippen molar-refractivity contribution in [3.05, 3.63) is 150 Å². The van der Waals surface area contributed by atoms with Crippen LogP contribution in [0.15, 0.2) is 127 Å². The number of nitrogens with one attached hydrogen (secondary N) is 1. The van der Waals surface area contributed by atoms with Crippen molar-refractivity contribution in [1.82, 2.24) is 5.32 Å². The fourth-order valence-electron chi connectivity index (χ4n) is 5.40. The highest BCUT2D eigenvalue weighted by atomic mass is 16.5. The smallest absolute Gasteiger partial charge is 0.338 e. The summed E-state index contributed by atoms with van der Waals surface area (Å²) in [6.07, 6.45) is 0.275. The number of amides is 1. The van der Waals surface area contributed by atoms with Gasteiger partial charge in [-0.25, -0.2) is 4.79 Å². The number of rotatable bonds is 5. The molecule has 0 saturated carbocycles. The summed E-state index contributed by atoms with van der Waals surface area (Å²) >= 11 is 0. The standard InChI is InChI=1S/C33H25NO3/c35-31(26-17-8-3-9-18-26)34-33(22-23-12-4-1-5-13-23)29(25-15-6-2-7-16-25)28-21-20-24-14-10-11-19-27(24)30(28)37-32(33)36/h1-21,29H,22H2,(H,34,35)/t29-,33-/m0/s1. The maximum atomic E-state index is 14.2. The van der Waals surface area contributed by atoms with E-state index in [0.29, 0.717) is 11.3 Å². The zero-order valence-corrected chi connectivity index (χ0v) is 20.1. The van der Waals surface area contributed by atoms with Crippen molar-refractivity contribution in [1.29, 1.82) is 0 Å². The van der Waals surface area contributed by atoms with Crippen LogP contribution >= 0.6 is 0 Å². The molecule has 2 atom stereocenters. The van der Waals surface area contributed by atoms with Crippen LogP contribution in [0.3, 0.4) is 0 Å². The van der Waals surface area contributed by atoms with E-state index in [0.717, 1.165) is 27.5 Å². The van der Waals surface area contributed by atoms with Crippen LogP contribution in [0.5, 0.6) is 5.75 Å². The summed E-state index contributed by atoms with van der Waals surface area (Å²) in [5, 5.41) is 5.03. The molecule has 0 unspecified atom stereocenters. The Hall–Kier alpha value is -4.70. The van der Waals surface area contributed by atoms with Crippen molar-refractivity contribution in [2.45, 2.75) is 17.9 Å². The zero-order valence-electron chi connectivity index (χ0n) is 20.1. The summed E-state index contributed by atoms with van der Waals surface area (Å²) < 4.78 is 6.17. The maximum absolute atomic E-state index is 14.2. The number of esters is 1. The molecule has 1 heterocycles. The van der Waals surface area contributed by atoms with Crippen molar-refractivity contribution in [3.8, 4) is 5.75 Å². The second-order valence-electron chi connectivity index (χ2n) is 9.39. The number of ether oxygens (including phenoxy) is 1. The number of benzene rings is 5. The van der Waals surface area contributed by atoms with E-state index in [-0.39, 0.29) is 12.3 Å². The van der Waals surface area contributed by atoms with Crippen LogP contribution in [0.1, 0.15) is 33.0 Å². The van der Waals surface area contributed by atoms with Gasteiger partial charge in [0.2, 0.25) is 0 Å². The molecule has 5 aromatic rings. The van der Waals surface area contributed by atoms with Crippen LogP contribution in [0.4, 0.5) is 0 Å². The van der Waals surface area contributed by atoms with Crippen LogP contribution in [0, 0.1) is 0 Å². The van der Waals surface area contributed by atoms with Crippen LogP contribution in [0.25, 0.3) is 10.8 Å². The number of hydrogen-bond donors (Lipinski definition) is 1. The molecule has 0 bridgehead atoms. The van der Waals surface area contributed by atoms with E-state index in [1.807, 2.05) is 109 Å². The summed E-state index contributed by atoms with van der Waals surface area (Å²) in [6, 6.07) is 40.6. The van der Waals surface area contributed by atoms with Gasteiger partial charge in [0.25, 0.3) is 5.91 Å². The van der Waals surface area contributed by atoms with Crippen molar-refractivity contribution < 1.29 is 14.3 Å². The Morgan fingerprint density at radius 2 is 1.35 bits per heavy atom. The Kier molecular flexibility index (Phi) is 5.78. The van der Waals surface area contributed by atoms with Gasteiger partial charge in [0.05, 0.1) is 0 Å². The van der Waals surface area contributed by atoms with Gasteiger partial charge < -0.3 is 10.1 Å². The summed E-state index contributed by atoms with van der Waals surface area (Å²) in [7, 11) is 0. The highest BCUT2D eigenvalue weighted by Gasteiger charge is 2.54. The van der Waals surface area contributed by atoms with Gasteiger partial charge in [-0.1, -0.05) is 115 Å². The third-order valence-corrected chi connectivity index (χ3v) is 7.10. The lowest BCUT2D eigenvalue weighted by Crippen LogP contribution is -2.63. The molecule has 4 nitrogen and oxygen atoms in total. The van der Waals surface area contributed by atoms with E-state index in [9.17, 15) is 9.59 Å². The maximum Gasteiger partial charge on any atom is 0.338 e. The van der Waals surface area contributed by atoms with Crippen LogP contribution in [-0.2, 0) is 11.2 Å². The lowest BCUT2D eigenvalue weighted by molar-refractivity contribution is -0.143. The van der Waals surface area contributed by atoms with Gasteiger partial charge in [0.15, 0.2) is 5.54 Å². The van der Waals surface area contributed by atoms with E-state index in [4.69, 9.17) is 4.74 Å². The van der Waals surface area contributed by atoms with Gasteiger partial charge in [-0.05, 0) is 28.6 Å². The van der Waals surface area contributed by atoms with Gasteiger partial charge in [-0.15, -0.1) is 0 Å². The fourth-order valence-corrected chi connectivity index (χ4v) is 5.40. The molecule has 0 fully saturated rings. The van der Waals surface area contributed by atoms with E-state index in [1.165, 1.54) is 0 Å². The third-order valence-electron chi connectivity index (χ3n) is 7.10. The molecule has 5 aromatic carbocycles. The van der Waals surface area contributed by atoms with Gasteiger partial charge >= 0.3 is 5.97 Å². The van der Waals surface area contributed by atoms with E-state index < -0.39 is 17.4 Å². The first-order valence-corrected chi connectivity index (χ1v) is 12.4. The van der Waals surface area contributed by atoms with Crippen LogP contribution in [0.2, 0.25) is 0 Å². The third kappa shape index (κ3) is 4.07. The molecule has 6 rings (SSSR count). The Bertz CT molecular complexity index is 1580. The Morgan fingerprint density at radius 3 is 2.08 bits per heavy atom. The van der Waals surface area contributed by atoms with E-state index in [1.54, 1.807) is 12.1 Å². The molecule has 1 aliphatic heterocycles. The van der Waals surface area contributed by atoms with Crippen LogP contribution in [-0.4, -0.2) is 17.4 Å². The molecule has 37 heavy (non-hydrogen) atoms. The van der Waals surface area contributed by atoms with Crippen molar-refractivity contribution >= 4 is 22.6 Å². The van der Waals surface area contributed by atoms with Gasteiger partial charge in [-0.2, -0.15) is 0 Å². The molecule has 4 heteroatoms.